The van der Waals surface area contributed by atoms with Gasteiger partial charge in [0.25, 0.3) is 5.69 Å². The molecule has 0 atom stereocenters. The number of aryl methyl sites for hydroxylation is 2. The zero-order chi connectivity index (χ0) is 24.1. The number of amides is 1. The Kier molecular flexibility index (Phi) is 7.06. The summed E-state index contributed by atoms with van der Waals surface area (Å²) in [6.07, 6.45) is 3.01. The number of anilines is 1. The third kappa shape index (κ3) is 5.51. The molecule has 2 heterocycles. The molecule has 8 nitrogen and oxygen atoms in total. The maximum Gasteiger partial charge on any atom is 0.292 e. The van der Waals surface area contributed by atoms with Crippen molar-refractivity contribution in [2.24, 2.45) is 5.92 Å². The number of nitro benzene ring substituents is 1. The van der Waals surface area contributed by atoms with Crippen molar-refractivity contribution in [3.63, 3.8) is 0 Å². The fourth-order valence-corrected chi connectivity index (χ4v) is 4.11. The maximum atomic E-state index is 12.7. The first kappa shape index (κ1) is 23.2. The van der Waals surface area contributed by atoms with Gasteiger partial charge in [-0.3, -0.25) is 14.9 Å². The summed E-state index contributed by atoms with van der Waals surface area (Å²) in [5, 5.41) is 14.3. The molecule has 1 aliphatic heterocycles. The molecule has 176 valence electrons. The van der Waals surface area contributed by atoms with Gasteiger partial charge >= 0.3 is 0 Å². The van der Waals surface area contributed by atoms with Gasteiger partial charge in [-0.25, -0.2) is 4.98 Å². The Hall–Kier alpha value is -3.94. The molecular weight excluding hydrogens is 432 g/mol. The summed E-state index contributed by atoms with van der Waals surface area (Å²) in [6, 6.07) is 16.5. The highest BCUT2D eigenvalue weighted by Crippen LogP contribution is 2.31. The summed E-state index contributed by atoms with van der Waals surface area (Å²) in [6.45, 7) is 5.61. The lowest BCUT2D eigenvalue weighted by atomic mass is 9.95. The first-order chi connectivity index (χ1) is 16.4. The number of para-hydroxylation sites is 2. The van der Waals surface area contributed by atoms with Gasteiger partial charge in [0.1, 0.15) is 11.4 Å². The third-order valence-corrected chi connectivity index (χ3v) is 6.11. The number of ether oxygens (including phenoxy) is 1. The molecule has 4 rings (SSSR count). The van der Waals surface area contributed by atoms with E-state index < -0.39 is 0 Å². The second-order valence-corrected chi connectivity index (χ2v) is 8.60. The number of nitrogens with zero attached hydrogens (tertiary/aromatic N) is 3. The molecule has 0 saturated carbocycles. The van der Waals surface area contributed by atoms with Crippen molar-refractivity contribution in [1.29, 1.82) is 0 Å². The van der Waals surface area contributed by atoms with Crippen molar-refractivity contribution in [3.8, 4) is 11.6 Å². The van der Waals surface area contributed by atoms with Gasteiger partial charge < -0.3 is 15.0 Å². The lowest BCUT2D eigenvalue weighted by Crippen LogP contribution is -2.40. The lowest BCUT2D eigenvalue weighted by molar-refractivity contribution is -0.384. The number of benzene rings is 2. The Morgan fingerprint density at radius 2 is 1.91 bits per heavy atom. The largest absolute Gasteiger partial charge is 0.439 e. The van der Waals surface area contributed by atoms with E-state index in [0.717, 1.165) is 22.4 Å². The van der Waals surface area contributed by atoms with Gasteiger partial charge in [0.05, 0.1) is 4.92 Å². The third-order valence-electron chi connectivity index (χ3n) is 6.11. The summed E-state index contributed by atoms with van der Waals surface area (Å²) >= 11 is 0. The second kappa shape index (κ2) is 10.3. The Labute approximate surface area is 198 Å². The van der Waals surface area contributed by atoms with Crippen molar-refractivity contribution >= 4 is 17.3 Å². The number of hydrogen-bond donors (Lipinski definition) is 1. The molecule has 0 radical (unpaired) electrons. The van der Waals surface area contributed by atoms with Crippen molar-refractivity contribution in [1.82, 2.24) is 10.3 Å². The Balaban J connectivity index is 1.27. The van der Waals surface area contributed by atoms with Crippen molar-refractivity contribution in [2.75, 3.05) is 18.0 Å². The van der Waals surface area contributed by atoms with Crippen LogP contribution in [0.4, 0.5) is 11.4 Å². The van der Waals surface area contributed by atoms with E-state index in [4.69, 9.17) is 4.74 Å². The van der Waals surface area contributed by atoms with Crippen LogP contribution in [0.2, 0.25) is 0 Å². The standard InChI is InChI=1S/C26H28N4O4/c1-18-7-8-19(2)24(15-18)34-25-10-9-20(16-27-25)17-28-26(31)21-11-13-29(14-12-21)22-5-3-4-6-23(22)30(32)33/h3-10,15-16,21H,11-14,17H2,1-2H3,(H,28,31). The predicted octanol–water partition coefficient (Wildman–Crippen LogP) is 4.93. The highest BCUT2D eigenvalue weighted by atomic mass is 16.6. The SMILES string of the molecule is Cc1ccc(C)c(Oc2ccc(CNC(=O)C3CCN(c4ccccc4[N+](=O)[O-])CC3)cn2)c1. The fraction of sp³-hybridized carbons (Fsp3) is 0.308. The number of nitrogens with one attached hydrogen (secondary N) is 1. The van der Waals surface area contributed by atoms with Crippen LogP contribution in [-0.2, 0) is 11.3 Å². The zero-order valence-corrected chi connectivity index (χ0v) is 19.4. The summed E-state index contributed by atoms with van der Waals surface area (Å²) in [4.78, 5) is 30.0. The van der Waals surface area contributed by atoms with Gasteiger partial charge in [0.2, 0.25) is 11.8 Å². The number of pyridine rings is 1. The van der Waals surface area contributed by atoms with Crippen molar-refractivity contribution < 1.29 is 14.5 Å². The van der Waals surface area contributed by atoms with Gasteiger partial charge in [-0.05, 0) is 55.5 Å². The van der Waals surface area contributed by atoms with Crippen LogP contribution < -0.4 is 15.0 Å². The van der Waals surface area contributed by atoms with E-state index in [9.17, 15) is 14.9 Å². The molecule has 0 aliphatic carbocycles. The average Bonchev–Trinajstić information content (AvgIpc) is 2.85. The van der Waals surface area contributed by atoms with Gasteiger partial charge in [0, 0.05) is 43.9 Å². The van der Waals surface area contributed by atoms with E-state index in [1.807, 2.05) is 43.0 Å². The molecule has 0 bridgehead atoms. The van der Waals surface area contributed by atoms with Crippen LogP contribution >= 0.6 is 0 Å². The molecule has 1 saturated heterocycles. The van der Waals surface area contributed by atoms with Crippen LogP contribution in [0.1, 0.15) is 29.5 Å². The molecule has 0 unspecified atom stereocenters. The van der Waals surface area contributed by atoms with E-state index in [1.165, 1.54) is 6.07 Å². The van der Waals surface area contributed by atoms with E-state index in [2.05, 4.69) is 10.3 Å². The Morgan fingerprint density at radius 3 is 2.62 bits per heavy atom. The molecule has 34 heavy (non-hydrogen) atoms. The number of carbonyl (C=O) groups excluding carboxylic acids is 1. The van der Waals surface area contributed by atoms with Crippen LogP contribution in [0, 0.1) is 29.9 Å². The zero-order valence-electron chi connectivity index (χ0n) is 19.4. The van der Waals surface area contributed by atoms with Gasteiger partial charge in [0.15, 0.2) is 0 Å². The molecule has 1 N–H and O–H groups in total. The molecule has 2 aromatic carbocycles. The van der Waals surface area contributed by atoms with Gasteiger partial charge in [-0.1, -0.05) is 30.3 Å². The summed E-state index contributed by atoms with van der Waals surface area (Å²) < 4.78 is 5.89. The smallest absolute Gasteiger partial charge is 0.292 e. The number of hydrogen-bond acceptors (Lipinski definition) is 6. The molecule has 0 spiro atoms. The van der Waals surface area contributed by atoms with Gasteiger partial charge in [-0.15, -0.1) is 0 Å². The number of rotatable bonds is 7. The summed E-state index contributed by atoms with van der Waals surface area (Å²) in [5.74, 6) is 1.17. The molecular formula is C26H28N4O4. The normalized spacial score (nSPS) is 14.0. The number of aromatic nitrogens is 1. The Bertz CT molecular complexity index is 1170. The fourth-order valence-electron chi connectivity index (χ4n) is 4.11. The molecule has 1 fully saturated rings. The molecule has 1 aliphatic rings. The monoisotopic (exact) mass is 460 g/mol. The summed E-state index contributed by atoms with van der Waals surface area (Å²) in [5.41, 5.74) is 3.76. The Morgan fingerprint density at radius 1 is 1.15 bits per heavy atom. The minimum atomic E-state index is -0.361. The first-order valence-corrected chi connectivity index (χ1v) is 11.4. The number of nitro groups is 1. The molecule has 8 heteroatoms. The quantitative estimate of drug-likeness (QED) is 0.397. The molecule has 3 aromatic rings. The number of piperidine rings is 1. The average molecular weight is 461 g/mol. The van der Waals surface area contributed by atoms with Crippen LogP contribution in [0.15, 0.2) is 60.8 Å². The van der Waals surface area contributed by atoms with Crippen LogP contribution in [0.3, 0.4) is 0 Å². The molecule has 1 aromatic heterocycles. The van der Waals surface area contributed by atoms with Gasteiger partial charge in [-0.2, -0.15) is 0 Å². The van der Waals surface area contributed by atoms with E-state index in [1.54, 1.807) is 30.5 Å². The predicted molar refractivity (Wildman–Crippen MR) is 130 cm³/mol. The van der Waals surface area contributed by atoms with Crippen molar-refractivity contribution in [3.05, 3.63) is 87.6 Å². The molecule has 1 amide bonds. The van der Waals surface area contributed by atoms with Crippen LogP contribution in [0.25, 0.3) is 0 Å². The van der Waals surface area contributed by atoms with Crippen LogP contribution in [0.5, 0.6) is 11.6 Å². The minimum Gasteiger partial charge on any atom is -0.439 e. The van der Waals surface area contributed by atoms with E-state index in [-0.39, 0.29) is 22.4 Å². The van der Waals surface area contributed by atoms with Crippen molar-refractivity contribution in [2.45, 2.75) is 33.2 Å². The van der Waals surface area contributed by atoms with E-state index >= 15 is 0 Å². The first-order valence-electron chi connectivity index (χ1n) is 11.4. The lowest BCUT2D eigenvalue weighted by Gasteiger charge is -2.32. The topological polar surface area (TPSA) is 97.6 Å². The minimum absolute atomic E-state index is 0.00192. The summed E-state index contributed by atoms with van der Waals surface area (Å²) in [7, 11) is 0. The number of carbonyl (C=O) groups is 1. The maximum absolute atomic E-state index is 12.7. The van der Waals surface area contributed by atoms with Crippen LogP contribution in [-0.4, -0.2) is 28.9 Å². The highest BCUT2D eigenvalue weighted by Gasteiger charge is 2.27. The second-order valence-electron chi connectivity index (χ2n) is 8.60. The highest BCUT2D eigenvalue weighted by molar-refractivity contribution is 5.79. The van der Waals surface area contributed by atoms with E-state index in [0.29, 0.717) is 44.0 Å².